The van der Waals surface area contributed by atoms with Crippen molar-refractivity contribution in [3.63, 3.8) is 0 Å². The van der Waals surface area contributed by atoms with Gasteiger partial charge in [0, 0.05) is 17.3 Å². The van der Waals surface area contributed by atoms with Gasteiger partial charge in [0.25, 0.3) is 11.8 Å². The van der Waals surface area contributed by atoms with Gasteiger partial charge in [0.15, 0.2) is 0 Å². The Balaban J connectivity index is 1.90. The number of carbonyl (C=O) groups is 2. The molecule has 0 saturated heterocycles. The molecule has 0 radical (unpaired) electrons. The molecule has 3 rings (SSSR count). The number of amides is 2. The summed E-state index contributed by atoms with van der Waals surface area (Å²) in [6.07, 6.45) is 2.69. The lowest BCUT2D eigenvalue weighted by molar-refractivity contribution is -0.124. The zero-order valence-corrected chi connectivity index (χ0v) is 15.3. The second-order valence-corrected chi connectivity index (χ2v) is 6.83. The molecule has 1 heterocycles. The maximum Gasteiger partial charge on any atom is 0.268 e. The third-order valence-electron chi connectivity index (χ3n) is 3.72. The van der Waals surface area contributed by atoms with Crippen LogP contribution in [0.2, 0.25) is 0 Å². The number of hydrogen-bond donors (Lipinski definition) is 3. The van der Waals surface area contributed by atoms with Crippen LogP contribution in [0.1, 0.15) is 20.2 Å². The predicted molar refractivity (Wildman–Crippen MR) is 106 cm³/mol. The standard InChI is InChI=1S/C20H17N3O3S/c1-13-21-18(15-8-3-2-4-9-15)19(27-13)20(25)22-16-10-6-5-7-14(16)11-12-17(24)23-26/h2-12,26H,1H3,(H,22,25)(H,23,24). The van der Waals surface area contributed by atoms with Crippen molar-refractivity contribution in [1.29, 1.82) is 0 Å². The van der Waals surface area contributed by atoms with Gasteiger partial charge in [-0.2, -0.15) is 0 Å². The summed E-state index contributed by atoms with van der Waals surface area (Å²) < 4.78 is 0. The molecule has 0 fully saturated rings. The molecule has 6 nitrogen and oxygen atoms in total. The summed E-state index contributed by atoms with van der Waals surface area (Å²) in [4.78, 5) is 29.1. The molecule has 0 saturated carbocycles. The number of anilines is 1. The van der Waals surface area contributed by atoms with E-state index in [1.54, 1.807) is 24.3 Å². The van der Waals surface area contributed by atoms with E-state index >= 15 is 0 Å². The summed E-state index contributed by atoms with van der Waals surface area (Å²) in [7, 11) is 0. The van der Waals surface area contributed by atoms with Crippen LogP contribution in [0, 0.1) is 6.92 Å². The monoisotopic (exact) mass is 379 g/mol. The van der Waals surface area contributed by atoms with E-state index in [2.05, 4.69) is 10.3 Å². The lowest BCUT2D eigenvalue weighted by atomic mass is 10.1. The summed E-state index contributed by atoms with van der Waals surface area (Å²) in [5.41, 5.74) is 4.23. The van der Waals surface area contributed by atoms with E-state index < -0.39 is 5.91 Å². The first-order valence-electron chi connectivity index (χ1n) is 8.14. The Morgan fingerprint density at radius 3 is 2.52 bits per heavy atom. The Morgan fingerprint density at radius 2 is 1.78 bits per heavy atom. The molecule has 0 aliphatic rings. The molecule has 136 valence electrons. The number of hydroxylamine groups is 1. The molecular formula is C20H17N3O3S. The quantitative estimate of drug-likeness (QED) is 0.356. The van der Waals surface area contributed by atoms with E-state index in [0.29, 0.717) is 21.8 Å². The SMILES string of the molecule is Cc1nc(-c2ccccc2)c(C(=O)Nc2ccccc2C=CC(=O)NO)s1. The van der Waals surface area contributed by atoms with Crippen molar-refractivity contribution in [3.05, 3.63) is 76.1 Å². The minimum absolute atomic E-state index is 0.271. The van der Waals surface area contributed by atoms with Crippen molar-refractivity contribution in [2.24, 2.45) is 0 Å². The van der Waals surface area contributed by atoms with Gasteiger partial charge < -0.3 is 5.32 Å². The first-order chi connectivity index (χ1) is 13.1. The second-order valence-electron chi connectivity index (χ2n) is 5.63. The molecule has 27 heavy (non-hydrogen) atoms. The Bertz CT molecular complexity index is 997. The van der Waals surface area contributed by atoms with E-state index in [1.165, 1.54) is 29.0 Å². The third kappa shape index (κ3) is 4.46. The third-order valence-corrected chi connectivity index (χ3v) is 4.69. The topological polar surface area (TPSA) is 91.3 Å². The van der Waals surface area contributed by atoms with E-state index in [9.17, 15) is 9.59 Å². The molecule has 0 bridgehead atoms. The van der Waals surface area contributed by atoms with Crippen molar-refractivity contribution >= 4 is 34.9 Å². The number of nitrogens with one attached hydrogen (secondary N) is 2. The van der Waals surface area contributed by atoms with Crippen LogP contribution in [0.3, 0.4) is 0 Å². The molecule has 0 unspecified atom stereocenters. The van der Waals surface area contributed by atoms with Gasteiger partial charge in [0.2, 0.25) is 0 Å². The summed E-state index contributed by atoms with van der Waals surface area (Å²) in [6.45, 7) is 1.86. The highest BCUT2D eigenvalue weighted by Crippen LogP contribution is 2.29. The average molecular weight is 379 g/mol. The Kier molecular flexibility index (Phi) is 5.75. The van der Waals surface area contributed by atoms with Crippen molar-refractivity contribution in [2.75, 3.05) is 5.32 Å². The number of aromatic nitrogens is 1. The van der Waals surface area contributed by atoms with Crippen molar-refractivity contribution < 1.29 is 14.8 Å². The Morgan fingerprint density at radius 1 is 1.07 bits per heavy atom. The lowest BCUT2D eigenvalue weighted by Gasteiger charge is -2.08. The fourth-order valence-corrected chi connectivity index (χ4v) is 3.35. The van der Waals surface area contributed by atoms with Crippen LogP contribution in [0.25, 0.3) is 17.3 Å². The van der Waals surface area contributed by atoms with Crippen molar-refractivity contribution in [2.45, 2.75) is 6.92 Å². The smallest absolute Gasteiger partial charge is 0.268 e. The fraction of sp³-hybridized carbons (Fsp3) is 0.0500. The summed E-state index contributed by atoms with van der Waals surface area (Å²) >= 11 is 1.33. The number of hydrogen-bond acceptors (Lipinski definition) is 5. The number of aryl methyl sites for hydroxylation is 1. The minimum atomic E-state index is -0.652. The molecule has 3 aromatic rings. The highest BCUT2D eigenvalue weighted by molar-refractivity contribution is 7.14. The molecule has 0 aliphatic carbocycles. The molecule has 0 aliphatic heterocycles. The average Bonchev–Trinajstić information content (AvgIpc) is 3.09. The number of benzene rings is 2. The first-order valence-corrected chi connectivity index (χ1v) is 8.95. The number of nitrogens with zero attached hydrogens (tertiary/aromatic N) is 1. The van der Waals surface area contributed by atoms with Gasteiger partial charge >= 0.3 is 0 Å². The van der Waals surface area contributed by atoms with E-state index in [1.807, 2.05) is 37.3 Å². The summed E-state index contributed by atoms with van der Waals surface area (Å²) in [5, 5.41) is 12.3. The number of carbonyl (C=O) groups excluding carboxylic acids is 2. The van der Waals surface area contributed by atoms with Gasteiger partial charge in [-0.1, -0.05) is 48.5 Å². The maximum absolute atomic E-state index is 12.9. The zero-order valence-electron chi connectivity index (χ0n) is 14.5. The summed E-state index contributed by atoms with van der Waals surface area (Å²) in [6, 6.07) is 16.6. The van der Waals surface area contributed by atoms with Crippen LogP contribution >= 0.6 is 11.3 Å². The highest BCUT2D eigenvalue weighted by Gasteiger charge is 2.18. The Labute approximate surface area is 160 Å². The van der Waals surface area contributed by atoms with Gasteiger partial charge in [-0.15, -0.1) is 11.3 Å². The second kappa shape index (κ2) is 8.39. The molecular weight excluding hydrogens is 362 g/mol. The van der Waals surface area contributed by atoms with Crippen LogP contribution in [0.4, 0.5) is 5.69 Å². The molecule has 2 amide bonds. The number of para-hydroxylation sites is 1. The van der Waals surface area contributed by atoms with Gasteiger partial charge in [0.05, 0.1) is 10.7 Å². The largest absolute Gasteiger partial charge is 0.321 e. The van der Waals surface area contributed by atoms with E-state index in [4.69, 9.17) is 5.21 Å². The van der Waals surface area contributed by atoms with Gasteiger partial charge in [-0.25, -0.2) is 10.5 Å². The van der Waals surface area contributed by atoms with Crippen molar-refractivity contribution in [1.82, 2.24) is 10.5 Å². The molecule has 7 heteroatoms. The maximum atomic E-state index is 12.9. The Hall–Kier alpha value is -3.29. The molecule has 1 aromatic heterocycles. The van der Waals surface area contributed by atoms with Crippen LogP contribution in [-0.4, -0.2) is 22.0 Å². The molecule has 0 atom stereocenters. The fourth-order valence-electron chi connectivity index (χ4n) is 2.51. The van der Waals surface area contributed by atoms with Crippen molar-refractivity contribution in [3.8, 4) is 11.3 Å². The normalized spacial score (nSPS) is 10.7. The number of thiazole rings is 1. The first kappa shape index (κ1) is 18.5. The highest BCUT2D eigenvalue weighted by atomic mass is 32.1. The molecule has 2 aromatic carbocycles. The van der Waals surface area contributed by atoms with Crippen LogP contribution in [0.15, 0.2) is 60.7 Å². The van der Waals surface area contributed by atoms with Gasteiger partial charge in [-0.05, 0) is 24.6 Å². The zero-order chi connectivity index (χ0) is 19.2. The van der Waals surface area contributed by atoms with Crippen LogP contribution < -0.4 is 10.8 Å². The number of rotatable bonds is 5. The van der Waals surface area contributed by atoms with Gasteiger partial charge in [-0.3, -0.25) is 14.8 Å². The van der Waals surface area contributed by atoms with E-state index in [-0.39, 0.29) is 5.91 Å². The van der Waals surface area contributed by atoms with Crippen LogP contribution in [0.5, 0.6) is 0 Å². The summed E-state index contributed by atoms with van der Waals surface area (Å²) in [5.74, 6) is -0.924. The van der Waals surface area contributed by atoms with E-state index in [0.717, 1.165) is 10.6 Å². The van der Waals surface area contributed by atoms with Crippen LogP contribution in [-0.2, 0) is 4.79 Å². The van der Waals surface area contributed by atoms with Gasteiger partial charge in [0.1, 0.15) is 4.88 Å². The molecule has 0 spiro atoms. The minimum Gasteiger partial charge on any atom is -0.321 e. The lowest BCUT2D eigenvalue weighted by Crippen LogP contribution is -2.15. The molecule has 3 N–H and O–H groups in total. The predicted octanol–water partition coefficient (Wildman–Crippen LogP) is 3.89.